The molecule has 10 rings (SSSR count). The summed E-state index contributed by atoms with van der Waals surface area (Å²) >= 11 is 0. The van der Waals surface area contributed by atoms with Gasteiger partial charge in [0.05, 0.1) is 39.5 Å². The fourth-order valence-corrected chi connectivity index (χ4v) is 11.3. The van der Waals surface area contributed by atoms with E-state index in [1.54, 1.807) is 0 Å². The summed E-state index contributed by atoms with van der Waals surface area (Å²) in [7, 11) is 0. The molecule has 3 aromatic heterocycles. The van der Waals surface area contributed by atoms with Crippen LogP contribution in [0.25, 0.3) is 83.6 Å². The minimum absolute atomic E-state index is 0. The van der Waals surface area contributed by atoms with E-state index in [1.165, 1.54) is 16.7 Å². The van der Waals surface area contributed by atoms with Crippen molar-refractivity contribution in [3.8, 4) is 62.4 Å². The van der Waals surface area contributed by atoms with E-state index in [4.69, 9.17) is 14.4 Å². The van der Waals surface area contributed by atoms with Crippen molar-refractivity contribution in [1.82, 2.24) is 14.5 Å². The second kappa shape index (κ2) is 17.4. The molecule has 0 bridgehead atoms. The first-order valence-electron chi connectivity index (χ1n) is 25.6. The second-order valence-electron chi connectivity index (χ2n) is 25.8. The summed E-state index contributed by atoms with van der Waals surface area (Å²) in [6.45, 7) is 36.2. The number of imidazole rings is 1. The standard InChI is InChI=1S/C66H69N4O2.Pt/c1-61(2,3)36-40-29-30-68-57-47-35-46(59-53(44-27-25-38(37-67)31-52(44)72-59)55(47)66(15,16)65(13,14)54(40)57)43-23-20-24-51-56(43)69-60(48-33-42(63(7,8)9)34-49(58(48)71)64(10,11)12)70(51)50-28-26-41(62(4,5)6)32-45(50)39-21-18-17-19-22-39;/h17-34,71H,36H2,1-16H3;/q-1;. The van der Waals surface area contributed by atoms with Gasteiger partial charge in [-0.1, -0.05) is 194 Å². The van der Waals surface area contributed by atoms with Gasteiger partial charge in [-0.05, 0) is 115 Å². The third-order valence-electron chi connectivity index (χ3n) is 15.8. The molecule has 1 N–H and O–H groups in total. The van der Waals surface area contributed by atoms with E-state index in [0.29, 0.717) is 28.1 Å². The van der Waals surface area contributed by atoms with E-state index in [1.807, 2.05) is 24.4 Å². The zero-order valence-corrected chi connectivity index (χ0v) is 47.8. The molecule has 376 valence electrons. The Morgan fingerprint density at radius 1 is 0.685 bits per heavy atom. The average molecular weight is 1150 g/mol. The fourth-order valence-electron chi connectivity index (χ4n) is 11.3. The fraction of sp³-hybridized carbons (Fsp3) is 0.348. The molecule has 6 nitrogen and oxygen atoms in total. The molecule has 6 aromatic carbocycles. The Morgan fingerprint density at radius 2 is 1.36 bits per heavy atom. The van der Waals surface area contributed by atoms with Gasteiger partial charge in [-0.25, -0.2) is 4.98 Å². The van der Waals surface area contributed by atoms with Crippen LogP contribution in [0, 0.1) is 22.8 Å². The number of aromatic nitrogens is 3. The number of hydrogen-bond donors (Lipinski definition) is 1. The van der Waals surface area contributed by atoms with Crippen LogP contribution in [-0.2, 0) is 54.6 Å². The maximum Gasteiger partial charge on any atom is 0.148 e. The topological polar surface area (TPSA) is 87.9 Å². The van der Waals surface area contributed by atoms with Gasteiger partial charge in [0.2, 0.25) is 0 Å². The first-order chi connectivity index (χ1) is 33.6. The van der Waals surface area contributed by atoms with Crippen LogP contribution in [0.2, 0.25) is 0 Å². The summed E-state index contributed by atoms with van der Waals surface area (Å²) < 4.78 is 9.37. The molecule has 0 unspecified atom stereocenters. The van der Waals surface area contributed by atoms with Crippen molar-refractivity contribution in [2.45, 2.75) is 144 Å². The molecule has 3 heterocycles. The minimum atomic E-state index is -0.419. The summed E-state index contributed by atoms with van der Waals surface area (Å²) in [6.07, 6.45) is 2.87. The van der Waals surface area contributed by atoms with Crippen molar-refractivity contribution in [2.24, 2.45) is 5.41 Å². The van der Waals surface area contributed by atoms with Gasteiger partial charge >= 0.3 is 0 Å². The first-order valence-corrected chi connectivity index (χ1v) is 25.6. The number of furan rings is 1. The van der Waals surface area contributed by atoms with Crippen molar-refractivity contribution in [1.29, 1.82) is 5.26 Å². The zero-order valence-electron chi connectivity index (χ0n) is 45.6. The monoisotopic (exact) mass is 1140 g/mol. The Kier molecular flexibility index (Phi) is 12.3. The quantitative estimate of drug-likeness (QED) is 0.174. The Morgan fingerprint density at radius 3 is 2.00 bits per heavy atom. The predicted octanol–water partition coefficient (Wildman–Crippen LogP) is 17.4. The van der Waals surface area contributed by atoms with Crippen LogP contribution in [0.15, 0.2) is 114 Å². The SMILES string of the molecule is CC(C)(C)Cc1ccnc2c1C(C)(C)C(C)(C)c1c-2[c-]c(-c2cccc3c2nc(-c2cc(C(C)(C)C)cc(C(C)(C)C)c2O)n3-c2ccc(C(C)(C)C)cc2-c2ccccc2)c2oc3cc(C#N)ccc3c12.[Pt]. The first kappa shape index (κ1) is 51.6. The van der Waals surface area contributed by atoms with Gasteiger partial charge in [0.1, 0.15) is 17.2 Å². The van der Waals surface area contributed by atoms with E-state index in [2.05, 4.69) is 212 Å². The summed E-state index contributed by atoms with van der Waals surface area (Å²) in [6, 6.07) is 42.5. The van der Waals surface area contributed by atoms with Crippen LogP contribution >= 0.6 is 0 Å². The Hall–Kier alpha value is -6.28. The van der Waals surface area contributed by atoms with E-state index in [-0.39, 0.29) is 53.9 Å². The molecule has 0 fully saturated rings. The molecule has 9 aromatic rings. The smallest absolute Gasteiger partial charge is 0.148 e. The number of rotatable bonds is 5. The number of nitrogens with zero attached hydrogens (tertiary/aromatic N) is 4. The molecule has 0 saturated heterocycles. The molecule has 0 aliphatic heterocycles. The molecule has 1 aliphatic carbocycles. The molecule has 0 saturated carbocycles. The summed E-state index contributed by atoms with van der Waals surface area (Å²) in [5.41, 5.74) is 16.1. The minimum Gasteiger partial charge on any atom is -0.507 e. The molecular weight excluding hydrogens is 1080 g/mol. The van der Waals surface area contributed by atoms with Gasteiger partial charge in [-0.2, -0.15) is 5.26 Å². The van der Waals surface area contributed by atoms with Crippen molar-refractivity contribution in [2.75, 3.05) is 0 Å². The third-order valence-corrected chi connectivity index (χ3v) is 15.8. The maximum atomic E-state index is 12.8. The van der Waals surface area contributed by atoms with Gasteiger partial charge in [-0.3, -0.25) is 9.55 Å². The number of phenols is 1. The summed E-state index contributed by atoms with van der Waals surface area (Å²) in [5.74, 6) is 0.847. The van der Waals surface area contributed by atoms with Crippen LogP contribution in [-0.4, -0.2) is 19.6 Å². The maximum absolute atomic E-state index is 12.8. The van der Waals surface area contributed by atoms with Gasteiger partial charge < -0.3 is 9.52 Å². The van der Waals surface area contributed by atoms with Crippen LogP contribution in [0.5, 0.6) is 5.75 Å². The van der Waals surface area contributed by atoms with Gasteiger partial charge in [-0.15, -0.1) is 6.07 Å². The molecule has 0 radical (unpaired) electrons. The number of hydrogen-bond acceptors (Lipinski definition) is 5. The van der Waals surface area contributed by atoms with E-state index in [9.17, 15) is 10.4 Å². The van der Waals surface area contributed by atoms with Crippen molar-refractivity contribution < 1.29 is 30.6 Å². The van der Waals surface area contributed by atoms with E-state index in [0.717, 1.165) is 84.1 Å². The van der Waals surface area contributed by atoms with Crippen LogP contribution in [0.3, 0.4) is 0 Å². The number of para-hydroxylation sites is 1. The molecule has 1 aliphatic rings. The number of fused-ring (bicyclic) bond motifs is 8. The number of pyridine rings is 1. The number of aromatic hydroxyl groups is 1. The third kappa shape index (κ3) is 8.45. The number of benzene rings is 6. The summed E-state index contributed by atoms with van der Waals surface area (Å²) in [4.78, 5) is 11.1. The van der Waals surface area contributed by atoms with Gasteiger partial charge in [0.25, 0.3) is 0 Å². The molecule has 7 heteroatoms. The van der Waals surface area contributed by atoms with Gasteiger partial charge in [0.15, 0.2) is 0 Å². The van der Waals surface area contributed by atoms with Crippen molar-refractivity contribution in [3.05, 3.63) is 154 Å². The van der Waals surface area contributed by atoms with E-state index >= 15 is 0 Å². The van der Waals surface area contributed by atoms with Crippen LogP contribution in [0.1, 0.15) is 150 Å². The predicted molar refractivity (Wildman–Crippen MR) is 298 cm³/mol. The average Bonchev–Trinajstić information content (AvgIpc) is 3.88. The normalized spacial score (nSPS) is 14.5. The Bertz CT molecular complexity index is 3720. The van der Waals surface area contributed by atoms with Crippen LogP contribution < -0.4 is 0 Å². The molecule has 73 heavy (non-hydrogen) atoms. The second-order valence-corrected chi connectivity index (χ2v) is 25.8. The van der Waals surface area contributed by atoms with Gasteiger partial charge in [0, 0.05) is 49.5 Å². The molecule has 0 spiro atoms. The molecular formula is C66H69N4O2Pt-. The Balaban J connectivity index is 0.00000656. The van der Waals surface area contributed by atoms with Crippen molar-refractivity contribution in [3.63, 3.8) is 0 Å². The largest absolute Gasteiger partial charge is 0.507 e. The molecule has 0 amide bonds. The zero-order chi connectivity index (χ0) is 51.8. The van der Waals surface area contributed by atoms with Crippen LogP contribution in [0.4, 0.5) is 0 Å². The summed E-state index contributed by atoms with van der Waals surface area (Å²) in [5, 5.41) is 24.9. The Labute approximate surface area is 447 Å². The number of phenolic OH excluding ortho intramolecular Hbond substituents is 1. The molecule has 0 atom stereocenters. The van der Waals surface area contributed by atoms with Crippen molar-refractivity contribution >= 4 is 33.0 Å². The van der Waals surface area contributed by atoms with E-state index < -0.39 is 5.41 Å². The number of nitriles is 1.